The zero-order chi connectivity index (χ0) is 12.4. The molecular formula is C16H23NO. The fraction of sp³-hybridized carbons (Fsp3) is 0.625. The van der Waals surface area contributed by atoms with Crippen molar-refractivity contribution >= 4 is 0 Å². The Kier molecular flexibility index (Phi) is 3.55. The van der Waals surface area contributed by atoms with Crippen LogP contribution in [0, 0.1) is 11.8 Å². The Balaban J connectivity index is 1.42. The standard InChI is InChI=1S/C16H23NO/c1-12(14-3-4-14)11-17-8-6-13-2-5-16-15(10-13)7-9-18-16/h2,5,10,12,14,17H,3-4,6-9,11H2,1H3. The van der Waals surface area contributed by atoms with Gasteiger partial charge in [0, 0.05) is 6.42 Å². The second-order valence-corrected chi connectivity index (χ2v) is 5.81. The Hall–Kier alpha value is -1.02. The number of nitrogens with one attached hydrogen (secondary N) is 1. The summed E-state index contributed by atoms with van der Waals surface area (Å²) in [5, 5.41) is 3.59. The van der Waals surface area contributed by atoms with Gasteiger partial charge in [-0.1, -0.05) is 19.1 Å². The summed E-state index contributed by atoms with van der Waals surface area (Å²) in [6.45, 7) is 5.50. The van der Waals surface area contributed by atoms with E-state index in [0.717, 1.165) is 43.6 Å². The van der Waals surface area contributed by atoms with Crippen molar-refractivity contribution in [2.75, 3.05) is 19.7 Å². The van der Waals surface area contributed by atoms with Gasteiger partial charge in [0.05, 0.1) is 6.61 Å². The molecule has 0 radical (unpaired) electrons. The van der Waals surface area contributed by atoms with E-state index >= 15 is 0 Å². The maximum Gasteiger partial charge on any atom is 0.122 e. The van der Waals surface area contributed by atoms with Crippen molar-refractivity contribution in [3.05, 3.63) is 29.3 Å². The lowest BCUT2D eigenvalue weighted by Gasteiger charge is -2.11. The van der Waals surface area contributed by atoms with Crippen LogP contribution >= 0.6 is 0 Å². The van der Waals surface area contributed by atoms with Crippen LogP contribution in [0.1, 0.15) is 30.9 Å². The molecule has 1 aromatic carbocycles. The van der Waals surface area contributed by atoms with E-state index in [1.54, 1.807) is 0 Å². The molecule has 1 aromatic rings. The van der Waals surface area contributed by atoms with Gasteiger partial charge in [-0.25, -0.2) is 0 Å². The predicted molar refractivity (Wildman–Crippen MR) is 74.1 cm³/mol. The molecule has 98 valence electrons. The summed E-state index contributed by atoms with van der Waals surface area (Å²) in [4.78, 5) is 0. The normalized spacial score (nSPS) is 19.4. The van der Waals surface area contributed by atoms with Crippen molar-refractivity contribution in [1.29, 1.82) is 0 Å². The van der Waals surface area contributed by atoms with E-state index in [1.807, 2.05) is 0 Å². The molecule has 0 bridgehead atoms. The first kappa shape index (κ1) is 12.0. The molecule has 1 fully saturated rings. The fourth-order valence-corrected chi connectivity index (χ4v) is 2.79. The molecule has 1 aliphatic heterocycles. The minimum absolute atomic E-state index is 0.857. The zero-order valence-corrected chi connectivity index (χ0v) is 11.2. The number of ether oxygens (including phenoxy) is 1. The number of hydrogen-bond donors (Lipinski definition) is 1. The minimum atomic E-state index is 0.857. The Bertz CT molecular complexity index is 412. The van der Waals surface area contributed by atoms with Gasteiger partial charge in [-0.2, -0.15) is 0 Å². The van der Waals surface area contributed by atoms with Crippen molar-refractivity contribution in [2.45, 2.75) is 32.6 Å². The highest BCUT2D eigenvalue weighted by Crippen LogP contribution is 2.36. The highest BCUT2D eigenvalue weighted by atomic mass is 16.5. The van der Waals surface area contributed by atoms with Gasteiger partial charge in [0.15, 0.2) is 0 Å². The van der Waals surface area contributed by atoms with Crippen LogP contribution in [-0.4, -0.2) is 19.7 Å². The Morgan fingerprint density at radius 1 is 1.39 bits per heavy atom. The highest BCUT2D eigenvalue weighted by molar-refractivity contribution is 5.39. The molecule has 18 heavy (non-hydrogen) atoms. The predicted octanol–water partition coefficient (Wildman–Crippen LogP) is 2.80. The van der Waals surface area contributed by atoms with Crippen LogP contribution in [0.2, 0.25) is 0 Å². The monoisotopic (exact) mass is 245 g/mol. The van der Waals surface area contributed by atoms with Crippen LogP contribution in [0.4, 0.5) is 0 Å². The Morgan fingerprint density at radius 2 is 2.28 bits per heavy atom. The molecule has 1 N–H and O–H groups in total. The quantitative estimate of drug-likeness (QED) is 0.778. The van der Waals surface area contributed by atoms with Gasteiger partial charge in [0.25, 0.3) is 0 Å². The summed E-state index contributed by atoms with van der Waals surface area (Å²) < 4.78 is 5.53. The number of benzene rings is 1. The molecule has 1 saturated carbocycles. The summed E-state index contributed by atoms with van der Waals surface area (Å²) in [7, 11) is 0. The van der Waals surface area contributed by atoms with Crippen molar-refractivity contribution in [3.63, 3.8) is 0 Å². The van der Waals surface area contributed by atoms with E-state index in [1.165, 1.54) is 30.5 Å². The number of fused-ring (bicyclic) bond motifs is 1. The van der Waals surface area contributed by atoms with Crippen molar-refractivity contribution in [3.8, 4) is 5.75 Å². The van der Waals surface area contributed by atoms with Crippen LogP contribution in [-0.2, 0) is 12.8 Å². The average Bonchev–Trinajstić information content (AvgIpc) is 3.13. The third-order valence-electron chi connectivity index (χ3n) is 4.24. The van der Waals surface area contributed by atoms with Crippen LogP contribution < -0.4 is 10.1 Å². The summed E-state index contributed by atoms with van der Waals surface area (Å²) in [5.74, 6) is 2.96. The Labute approximate surface area is 110 Å². The van der Waals surface area contributed by atoms with Crippen LogP contribution in [0.15, 0.2) is 18.2 Å². The molecule has 2 aliphatic rings. The van der Waals surface area contributed by atoms with E-state index in [4.69, 9.17) is 4.74 Å². The zero-order valence-electron chi connectivity index (χ0n) is 11.2. The van der Waals surface area contributed by atoms with Gasteiger partial charge in [-0.05, 0) is 61.4 Å². The summed E-state index contributed by atoms with van der Waals surface area (Å²) in [6, 6.07) is 6.65. The molecular weight excluding hydrogens is 222 g/mol. The molecule has 3 rings (SSSR count). The van der Waals surface area contributed by atoms with Crippen molar-refractivity contribution in [1.82, 2.24) is 5.32 Å². The molecule has 2 nitrogen and oxygen atoms in total. The van der Waals surface area contributed by atoms with Crippen LogP contribution in [0.5, 0.6) is 5.75 Å². The first-order valence-electron chi connectivity index (χ1n) is 7.28. The smallest absolute Gasteiger partial charge is 0.122 e. The second-order valence-electron chi connectivity index (χ2n) is 5.81. The molecule has 0 amide bonds. The first-order valence-corrected chi connectivity index (χ1v) is 7.28. The van der Waals surface area contributed by atoms with E-state index in [9.17, 15) is 0 Å². The van der Waals surface area contributed by atoms with E-state index in [-0.39, 0.29) is 0 Å². The molecule has 0 aromatic heterocycles. The largest absolute Gasteiger partial charge is 0.493 e. The van der Waals surface area contributed by atoms with Gasteiger partial charge in [0.1, 0.15) is 5.75 Å². The third kappa shape index (κ3) is 2.86. The molecule has 1 unspecified atom stereocenters. The molecule has 0 saturated heterocycles. The lowest BCUT2D eigenvalue weighted by Crippen LogP contribution is -2.24. The third-order valence-corrected chi connectivity index (χ3v) is 4.24. The van der Waals surface area contributed by atoms with E-state index in [0.29, 0.717) is 0 Å². The van der Waals surface area contributed by atoms with Gasteiger partial charge < -0.3 is 10.1 Å². The van der Waals surface area contributed by atoms with Gasteiger partial charge in [-0.3, -0.25) is 0 Å². The molecule has 0 spiro atoms. The average molecular weight is 245 g/mol. The second kappa shape index (κ2) is 5.31. The van der Waals surface area contributed by atoms with Gasteiger partial charge in [-0.15, -0.1) is 0 Å². The number of rotatable bonds is 6. The maximum absolute atomic E-state index is 5.53. The summed E-state index contributed by atoms with van der Waals surface area (Å²) in [6.07, 6.45) is 5.11. The molecule has 1 aliphatic carbocycles. The van der Waals surface area contributed by atoms with Crippen molar-refractivity contribution < 1.29 is 4.74 Å². The van der Waals surface area contributed by atoms with Crippen LogP contribution in [0.25, 0.3) is 0 Å². The van der Waals surface area contributed by atoms with Crippen LogP contribution in [0.3, 0.4) is 0 Å². The van der Waals surface area contributed by atoms with E-state index in [2.05, 4.69) is 30.4 Å². The topological polar surface area (TPSA) is 21.3 Å². The lowest BCUT2D eigenvalue weighted by atomic mass is 10.1. The highest BCUT2D eigenvalue weighted by Gasteiger charge is 2.27. The van der Waals surface area contributed by atoms with Gasteiger partial charge in [0.2, 0.25) is 0 Å². The maximum atomic E-state index is 5.53. The fourth-order valence-electron chi connectivity index (χ4n) is 2.79. The summed E-state index contributed by atoms with van der Waals surface area (Å²) >= 11 is 0. The van der Waals surface area contributed by atoms with Crippen molar-refractivity contribution in [2.24, 2.45) is 11.8 Å². The molecule has 1 atom stereocenters. The summed E-state index contributed by atoms with van der Waals surface area (Å²) in [5.41, 5.74) is 2.82. The van der Waals surface area contributed by atoms with Gasteiger partial charge >= 0.3 is 0 Å². The molecule has 2 heteroatoms. The SMILES string of the molecule is CC(CNCCc1ccc2c(c1)CCO2)C1CC1. The number of hydrogen-bond acceptors (Lipinski definition) is 2. The van der Waals surface area contributed by atoms with E-state index < -0.39 is 0 Å². The minimum Gasteiger partial charge on any atom is -0.493 e. The molecule has 1 heterocycles. The lowest BCUT2D eigenvalue weighted by molar-refractivity contribution is 0.357. The first-order chi connectivity index (χ1) is 8.83. The Morgan fingerprint density at radius 3 is 3.11 bits per heavy atom.